The molecule has 0 radical (unpaired) electrons. The monoisotopic (exact) mass is 359 g/mol. The quantitative estimate of drug-likeness (QED) is 0.705. The highest BCUT2D eigenvalue weighted by Gasteiger charge is 2.17. The first kappa shape index (κ1) is 17.2. The van der Waals surface area contributed by atoms with E-state index in [1.807, 2.05) is 5.38 Å². The predicted molar refractivity (Wildman–Crippen MR) is 94.7 cm³/mol. The summed E-state index contributed by atoms with van der Waals surface area (Å²) in [5, 5.41) is 8.74. The molecule has 25 heavy (non-hydrogen) atoms. The summed E-state index contributed by atoms with van der Waals surface area (Å²) < 4.78 is 15.4. The van der Waals surface area contributed by atoms with E-state index < -0.39 is 0 Å². The number of hydrogen-bond donors (Lipinski definition) is 2. The molecular formula is C17H18FN5OS. The van der Waals surface area contributed by atoms with Crippen LogP contribution >= 0.6 is 11.3 Å². The Labute approximate surface area is 148 Å². The van der Waals surface area contributed by atoms with Crippen LogP contribution in [0.25, 0.3) is 11.4 Å². The fourth-order valence-corrected chi connectivity index (χ4v) is 3.30. The fraction of sp³-hybridized carbons (Fsp3) is 0.235. The normalized spacial score (nSPS) is 12.1. The summed E-state index contributed by atoms with van der Waals surface area (Å²) in [5.74, 6) is 0.165. The predicted octanol–water partition coefficient (Wildman–Crippen LogP) is 1.98. The summed E-state index contributed by atoms with van der Waals surface area (Å²) in [4.78, 5) is 17.2. The van der Waals surface area contributed by atoms with Crippen molar-refractivity contribution >= 4 is 17.2 Å². The van der Waals surface area contributed by atoms with Gasteiger partial charge in [-0.05, 0) is 24.1 Å². The lowest BCUT2D eigenvalue weighted by Crippen LogP contribution is -2.41. The van der Waals surface area contributed by atoms with E-state index in [1.165, 1.54) is 23.7 Å². The van der Waals surface area contributed by atoms with Crippen molar-refractivity contribution in [2.75, 3.05) is 6.54 Å². The molecule has 0 aliphatic rings. The highest BCUT2D eigenvalue weighted by atomic mass is 32.1. The molecule has 3 N–H and O–H groups in total. The molecule has 1 aromatic carbocycles. The number of nitrogens with one attached hydrogen (secondary N) is 1. The van der Waals surface area contributed by atoms with Gasteiger partial charge in [0.1, 0.15) is 12.1 Å². The minimum absolute atomic E-state index is 0.224. The van der Waals surface area contributed by atoms with Crippen molar-refractivity contribution in [2.45, 2.75) is 12.5 Å². The summed E-state index contributed by atoms with van der Waals surface area (Å²) in [6, 6.07) is 7.92. The van der Waals surface area contributed by atoms with Crippen LogP contribution in [-0.4, -0.2) is 33.3 Å². The van der Waals surface area contributed by atoms with Crippen molar-refractivity contribution in [1.29, 1.82) is 0 Å². The molecule has 0 spiro atoms. The Morgan fingerprint density at radius 2 is 2.24 bits per heavy atom. The Morgan fingerprint density at radius 3 is 2.92 bits per heavy atom. The summed E-state index contributed by atoms with van der Waals surface area (Å²) in [6.07, 6.45) is 1.81. The number of aryl methyl sites for hydroxylation is 1. The SMILES string of the molecule is Cn1ncnc1-c1csc(C(=O)NC(CN)Cc2ccccc2F)c1. The molecule has 0 aliphatic carbocycles. The number of carbonyl (C=O) groups is 1. The second kappa shape index (κ2) is 7.54. The molecule has 0 saturated carbocycles. The molecule has 3 rings (SSSR count). The number of carbonyl (C=O) groups excluding carboxylic acids is 1. The highest BCUT2D eigenvalue weighted by Crippen LogP contribution is 2.23. The van der Waals surface area contributed by atoms with Gasteiger partial charge in [0.25, 0.3) is 5.91 Å². The lowest BCUT2D eigenvalue weighted by Gasteiger charge is -2.16. The standard InChI is InChI=1S/C17H18FN5OS/c1-23-16(20-10-21-23)12-7-15(25-9-12)17(24)22-13(8-19)6-11-4-2-3-5-14(11)18/h2-5,7,9-10,13H,6,8,19H2,1H3,(H,22,24). The molecule has 0 saturated heterocycles. The van der Waals surface area contributed by atoms with E-state index in [-0.39, 0.29) is 24.3 Å². The Morgan fingerprint density at radius 1 is 1.44 bits per heavy atom. The van der Waals surface area contributed by atoms with Gasteiger partial charge in [-0.3, -0.25) is 4.79 Å². The number of nitrogens with two attached hydrogens (primary N) is 1. The van der Waals surface area contributed by atoms with E-state index in [0.29, 0.717) is 22.7 Å². The molecule has 1 amide bonds. The zero-order chi connectivity index (χ0) is 17.8. The third-order valence-corrected chi connectivity index (χ3v) is 4.77. The van der Waals surface area contributed by atoms with Crippen molar-refractivity contribution in [3.8, 4) is 11.4 Å². The molecule has 0 aliphatic heterocycles. The summed E-state index contributed by atoms with van der Waals surface area (Å²) >= 11 is 1.32. The van der Waals surface area contributed by atoms with Crippen LogP contribution in [0.1, 0.15) is 15.2 Å². The molecule has 130 valence electrons. The lowest BCUT2D eigenvalue weighted by atomic mass is 10.1. The number of hydrogen-bond acceptors (Lipinski definition) is 5. The third-order valence-electron chi connectivity index (χ3n) is 3.84. The largest absolute Gasteiger partial charge is 0.347 e. The Hall–Kier alpha value is -2.58. The van der Waals surface area contributed by atoms with Gasteiger partial charge in [-0.2, -0.15) is 5.10 Å². The van der Waals surface area contributed by atoms with Gasteiger partial charge in [0, 0.05) is 30.6 Å². The van der Waals surface area contributed by atoms with E-state index in [4.69, 9.17) is 5.73 Å². The number of benzene rings is 1. The Balaban J connectivity index is 1.69. The number of thiophene rings is 1. The van der Waals surface area contributed by atoms with Gasteiger partial charge in [-0.1, -0.05) is 18.2 Å². The molecule has 0 bridgehead atoms. The van der Waals surface area contributed by atoms with Crippen molar-refractivity contribution in [1.82, 2.24) is 20.1 Å². The van der Waals surface area contributed by atoms with Gasteiger partial charge in [-0.25, -0.2) is 14.1 Å². The number of aromatic nitrogens is 3. The van der Waals surface area contributed by atoms with Gasteiger partial charge in [0.05, 0.1) is 4.88 Å². The Kier molecular flexibility index (Phi) is 5.20. The van der Waals surface area contributed by atoms with Gasteiger partial charge in [0.15, 0.2) is 5.82 Å². The van der Waals surface area contributed by atoms with Gasteiger partial charge >= 0.3 is 0 Å². The van der Waals surface area contributed by atoms with Crippen LogP contribution in [0.4, 0.5) is 4.39 Å². The average Bonchev–Trinajstić information content (AvgIpc) is 3.24. The summed E-state index contributed by atoms with van der Waals surface area (Å²) in [7, 11) is 1.79. The van der Waals surface area contributed by atoms with Crippen LogP contribution in [0, 0.1) is 5.82 Å². The highest BCUT2D eigenvalue weighted by molar-refractivity contribution is 7.12. The van der Waals surface area contributed by atoms with Crippen molar-refractivity contribution in [2.24, 2.45) is 12.8 Å². The first-order valence-electron chi connectivity index (χ1n) is 7.75. The molecule has 6 nitrogen and oxygen atoms in total. The number of amides is 1. The zero-order valence-corrected chi connectivity index (χ0v) is 14.5. The van der Waals surface area contributed by atoms with Gasteiger partial charge in [-0.15, -0.1) is 11.3 Å². The summed E-state index contributed by atoms with van der Waals surface area (Å²) in [5.41, 5.74) is 7.10. The van der Waals surface area contributed by atoms with E-state index in [9.17, 15) is 9.18 Å². The first-order valence-corrected chi connectivity index (χ1v) is 8.63. The van der Waals surface area contributed by atoms with Gasteiger partial charge < -0.3 is 11.1 Å². The van der Waals surface area contributed by atoms with Crippen LogP contribution in [0.3, 0.4) is 0 Å². The summed E-state index contributed by atoms with van der Waals surface area (Å²) in [6.45, 7) is 0.224. The zero-order valence-electron chi connectivity index (χ0n) is 13.6. The maximum atomic E-state index is 13.8. The van der Waals surface area contributed by atoms with Crippen LogP contribution in [0.5, 0.6) is 0 Å². The maximum absolute atomic E-state index is 13.8. The molecule has 2 aromatic heterocycles. The molecule has 1 unspecified atom stereocenters. The van der Waals surface area contributed by atoms with Crippen LogP contribution in [0.2, 0.25) is 0 Å². The van der Waals surface area contributed by atoms with Crippen molar-refractivity contribution in [3.05, 3.63) is 58.3 Å². The number of nitrogens with zero attached hydrogens (tertiary/aromatic N) is 3. The van der Waals surface area contributed by atoms with E-state index in [1.54, 1.807) is 36.0 Å². The molecule has 8 heteroatoms. The molecular weight excluding hydrogens is 341 g/mol. The topological polar surface area (TPSA) is 85.8 Å². The number of rotatable bonds is 6. The van der Waals surface area contributed by atoms with E-state index in [0.717, 1.165) is 5.56 Å². The average molecular weight is 359 g/mol. The minimum Gasteiger partial charge on any atom is -0.347 e. The van der Waals surface area contributed by atoms with Crippen LogP contribution in [0.15, 0.2) is 42.0 Å². The van der Waals surface area contributed by atoms with E-state index >= 15 is 0 Å². The molecule has 0 fully saturated rings. The maximum Gasteiger partial charge on any atom is 0.261 e. The molecule has 2 heterocycles. The fourth-order valence-electron chi connectivity index (χ4n) is 2.51. The Bertz CT molecular complexity index is 875. The van der Waals surface area contributed by atoms with Gasteiger partial charge in [0.2, 0.25) is 0 Å². The van der Waals surface area contributed by atoms with Crippen molar-refractivity contribution < 1.29 is 9.18 Å². The van der Waals surface area contributed by atoms with E-state index in [2.05, 4.69) is 15.4 Å². The van der Waals surface area contributed by atoms with Crippen LogP contribution in [-0.2, 0) is 13.5 Å². The second-order valence-corrected chi connectivity index (χ2v) is 6.52. The van der Waals surface area contributed by atoms with Crippen LogP contribution < -0.4 is 11.1 Å². The number of halogens is 1. The molecule has 1 atom stereocenters. The smallest absolute Gasteiger partial charge is 0.261 e. The lowest BCUT2D eigenvalue weighted by molar-refractivity contribution is 0.0942. The second-order valence-electron chi connectivity index (χ2n) is 5.61. The van der Waals surface area contributed by atoms with Crippen molar-refractivity contribution in [3.63, 3.8) is 0 Å². The minimum atomic E-state index is -0.343. The first-order chi connectivity index (χ1) is 12.1. The third kappa shape index (κ3) is 3.92. The molecule has 3 aromatic rings.